The fourth-order valence-corrected chi connectivity index (χ4v) is 1.29. The number of carbonyl (C=O) groups is 2. The van der Waals surface area contributed by atoms with Crippen LogP contribution in [0.2, 0.25) is 5.02 Å². The number of carboxylic acid groups (broad SMARTS) is 1. The largest absolute Gasteiger partial charge is 0.481 e. The molecule has 16 heavy (non-hydrogen) atoms. The minimum Gasteiger partial charge on any atom is -0.481 e. The number of carboxylic acids is 1. The number of aliphatic carboxylic acids is 1. The number of hydroxylamine groups is 2. The van der Waals surface area contributed by atoms with Crippen LogP contribution in [0.4, 0.5) is 0 Å². The second kappa shape index (κ2) is 5.48. The van der Waals surface area contributed by atoms with E-state index in [1.165, 1.54) is 0 Å². The average molecular weight is 244 g/mol. The van der Waals surface area contributed by atoms with E-state index in [4.69, 9.17) is 16.7 Å². The predicted octanol–water partition coefficient (Wildman–Crippen LogP) is 1.53. The highest BCUT2D eigenvalue weighted by atomic mass is 35.5. The van der Waals surface area contributed by atoms with E-state index in [1.54, 1.807) is 24.3 Å². The van der Waals surface area contributed by atoms with Crippen LogP contribution in [0.1, 0.15) is 12.0 Å². The summed E-state index contributed by atoms with van der Waals surface area (Å²) in [4.78, 5) is 21.4. The van der Waals surface area contributed by atoms with E-state index >= 15 is 0 Å². The summed E-state index contributed by atoms with van der Waals surface area (Å²) in [5.74, 6) is -2.17. The van der Waals surface area contributed by atoms with Gasteiger partial charge in [0.15, 0.2) is 0 Å². The first-order chi connectivity index (χ1) is 7.50. The van der Waals surface area contributed by atoms with Crippen molar-refractivity contribution in [1.82, 2.24) is 5.06 Å². The third-order valence-electron chi connectivity index (χ3n) is 1.87. The maximum atomic E-state index is 11.1. The molecule has 0 unspecified atom stereocenters. The fraction of sp³-hybridized carbons (Fsp3) is 0.200. The third-order valence-corrected chi connectivity index (χ3v) is 2.24. The Morgan fingerprint density at radius 2 is 1.94 bits per heavy atom. The Hall–Kier alpha value is -1.59. The number of benzene rings is 1. The summed E-state index contributed by atoms with van der Waals surface area (Å²) in [6.07, 6.45) is -0.749. The quantitative estimate of drug-likeness (QED) is 0.478. The second-order valence-electron chi connectivity index (χ2n) is 3.11. The van der Waals surface area contributed by atoms with E-state index in [0.29, 0.717) is 15.6 Å². The zero-order chi connectivity index (χ0) is 12.1. The van der Waals surface area contributed by atoms with Gasteiger partial charge in [0.25, 0.3) is 5.91 Å². The Kier molecular flexibility index (Phi) is 4.28. The number of rotatable bonds is 4. The normalized spacial score (nSPS) is 9.88. The molecule has 0 radical (unpaired) electrons. The van der Waals surface area contributed by atoms with Crippen molar-refractivity contribution in [3.8, 4) is 0 Å². The van der Waals surface area contributed by atoms with Gasteiger partial charge in [-0.15, -0.1) is 0 Å². The van der Waals surface area contributed by atoms with Crippen molar-refractivity contribution in [1.29, 1.82) is 0 Å². The maximum absolute atomic E-state index is 11.1. The molecule has 2 N–H and O–H groups in total. The predicted molar refractivity (Wildman–Crippen MR) is 56.0 cm³/mol. The molecule has 0 aliphatic carbocycles. The zero-order valence-electron chi connectivity index (χ0n) is 8.26. The minimum absolute atomic E-state index is 0.133. The Bertz CT molecular complexity index is 408. The number of halogens is 1. The average Bonchev–Trinajstić information content (AvgIpc) is 2.20. The Morgan fingerprint density at radius 3 is 2.50 bits per heavy atom. The molecule has 0 saturated heterocycles. The standard InChI is InChI=1S/C10H10ClNO4/c11-8-4-2-1-3-7(8)6-12(16)9(13)5-10(14)15/h1-4,16H,5-6H2,(H,14,15). The highest BCUT2D eigenvalue weighted by Crippen LogP contribution is 2.16. The van der Waals surface area contributed by atoms with E-state index < -0.39 is 18.3 Å². The van der Waals surface area contributed by atoms with Gasteiger partial charge < -0.3 is 5.11 Å². The molecule has 0 saturated carbocycles. The summed E-state index contributed by atoms with van der Waals surface area (Å²) >= 11 is 5.81. The van der Waals surface area contributed by atoms with Crippen molar-refractivity contribution < 1.29 is 19.9 Å². The van der Waals surface area contributed by atoms with Gasteiger partial charge >= 0.3 is 5.97 Å². The second-order valence-corrected chi connectivity index (χ2v) is 3.52. The summed E-state index contributed by atoms with van der Waals surface area (Å²) in [5, 5.41) is 18.4. The lowest BCUT2D eigenvalue weighted by Gasteiger charge is -2.14. The molecular formula is C10H10ClNO4. The van der Waals surface area contributed by atoms with Gasteiger partial charge in [-0.25, -0.2) is 5.06 Å². The van der Waals surface area contributed by atoms with Crippen molar-refractivity contribution >= 4 is 23.5 Å². The van der Waals surface area contributed by atoms with Gasteiger partial charge in [-0.05, 0) is 11.6 Å². The van der Waals surface area contributed by atoms with E-state index in [1.807, 2.05) is 0 Å². The first-order valence-corrected chi connectivity index (χ1v) is 4.83. The number of nitrogens with zero attached hydrogens (tertiary/aromatic N) is 1. The van der Waals surface area contributed by atoms with Crippen molar-refractivity contribution in [3.05, 3.63) is 34.9 Å². The van der Waals surface area contributed by atoms with Gasteiger partial charge in [0, 0.05) is 5.02 Å². The van der Waals surface area contributed by atoms with Gasteiger partial charge in [0.2, 0.25) is 0 Å². The lowest BCUT2D eigenvalue weighted by Crippen LogP contribution is -2.28. The van der Waals surface area contributed by atoms with Crippen LogP contribution >= 0.6 is 11.6 Å². The van der Waals surface area contributed by atoms with Crippen LogP contribution in [0.25, 0.3) is 0 Å². The summed E-state index contributed by atoms with van der Waals surface area (Å²) in [6.45, 7) is -0.133. The van der Waals surface area contributed by atoms with Crippen LogP contribution in [0.15, 0.2) is 24.3 Å². The fourth-order valence-electron chi connectivity index (χ4n) is 1.10. The molecule has 86 valence electrons. The lowest BCUT2D eigenvalue weighted by molar-refractivity contribution is -0.170. The van der Waals surface area contributed by atoms with Crippen LogP contribution in [0.5, 0.6) is 0 Å². The Balaban J connectivity index is 2.64. The van der Waals surface area contributed by atoms with E-state index in [-0.39, 0.29) is 6.54 Å². The van der Waals surface area contributed by atoms with Gasteiger partial charge in [0.1, 0.15) is 6.42 Å². The maximum Gasteiger partial charge on any atom is 0.312 e. The molecule has 1 aromatic rings. The van der Waals surface area contributed by atoms with Gasteiger partial charge in [-0.2, -0.15) is 0 Å². The molecule has 5 nitrogen and oxygen atoms in total. The molecule has 0 atom stereocenters. The van der Waals surface area contributed by atoms with Crippen LogP contribution in [0, 0.1) is 0 Å². The van der Waals surface area contributed by atoms with Crippen LogP contribution in [-0.2, 0) is 16.1 Å². The Labute approximate surface area is 96.8 Å². The van der Waals surface area contributed by atoms with Crippen molar-refractivity contribution in [2.24, 2.45) is 0 Å². The van der Waals surface area contributed by atoms with Gasteiger partial charge in [0.05, 0.1) is 6.54 Å². The first-order valence-electron chi connectivity index (χ1n) is 4.45. The molecule has 0 aliphatic heterocycles. The van der Waals surface area contributed by atoms with Gasteiger partial charge in [-0.1, -0.05) is 29.8 Å². The van der Waals surface area contributed by atoms with Crippen molar-refractivity contribution in [2.75, 3.05) is 0 Å². The highest BCUT2D eigenvalue weighted by Gasteiger charge is 2.15. The number of carbonyl (C=O) groups excluding carboxylic acids is 1. The molecule has 0 bridgehead atoms. The third kappa shape index (κ3) is 3.52. The monoisotopic (exact) mass is 243 g/mol. The number of hydrogen-bond donors (Lipinski definition) is 2. The smallest absolute Gasteiger partial charge is 0.312 e. The lowest BCUT2D eigenvalue weighted by atomic mass is 10.2. The molecular weight excluding hydrogens is 234 g/mol. The SMILES string of the molecule is O=C(O)CC(=O)N(O)Cc1ccccc1Cl. The van der Waals surface area contributed by atoms with E-state index in [2.05, 4.69) is 0 Å². The molecule has 0 fully saturated rings. The Morgan fingerprint density at radius 1 is 1.31 bits per heavy atom. The van der Waals surface area contributed by atoms with Crippen molar-refractivity contribution in [3.63, 3.8) is 0 Å². The van der Waals surface area contributed by atoms with Crippen LogP contribution in [-0.4, -0.2) is 27.3 Å². The molecule has 0 spiro atoms. The van der Waals surface area contributed by atoms with Gasteiger partial charge in [-0.3, -0.25) is 14.8 Å². The minimum atomic E-state index is -1.29. The molecule has 1 amide bonds. The van der Waals surface area contributed by atoms with Crippen LogP contribution in [0.3, 0.4) is 0 Å². The summed E-state index contributed by atoms with van der Waals surface area (Å²) in [5.41, 5.74) is 0.547. The molecule has 0 aromatic heterocycles. The topological polar surface area (TPSA) is 77.8 Å². The molecule has 1 aromatic carbocycles. The molecule has 6 heteroatoms. The highest BCUT2D eigenvalue weighted by molar-refractivity contribution is 6.31. The number of hydrogen-bond acceptors (Lipinski definition) is 3. The zero-order valence-corrected chi connectivity index (χ0v) is 9.02. The molecule has 1 rings (SSSR count). The summed E-state index contributed by atoms with van der Waals surface area (Å²) < 4.78 is 0. The van der Waals surface area contributed by atoms with E-state index in [0.717, 1.165) is 0 Å². The van der Waals surface area contributed by atoms with Crippen molar-refractivity contribution in [2.45, 2.75) is 13.0 Å². The summed E-state index contributed by atoms with van der Waals surface area (Å²) in [6, 6.07) is 6.68. The van der Waals surface area contributed by atoms with E-state index in [9.17, 15) is 14.8 Å². The summed E-state index contributed by atoms with van der Waals surface area (Å²) in [7, 11) is 0. The number of amides is 1. The first kappa shape index (κ1) is 12.5. The molecule has 0 heterocycles. The van der Waals surface area contributed by atoms with Crippen LogP contribution < -0.4 is 0 Å². The molecule has 0 aliphatic rings.